The third kappa shape index (κ3) is 4.83. The van der Waals surface area contributed by atoms with E-state index in [4.69, 9.17) is 33.7 Å². The molecule has 3 atom stereocenters. The number of carbonyl (C=O) groups excluding carboxylic acids is 1. The number of hydrogen-bond acceptors (Lipinski definition) is 5. The smallest absolute Gasteiger partial charge is 0.225 e. The summed E-state index contributed by atoms with van der Waals surface area (Å²) in [6, 6.07) is 4.56. The summed E-state index contributed by atoms with van der Waals surface area (Å²) in [6.45, 7) is 1.71. The molecule has 3 aromatic rings. The third-order valence-corrected chi connectivity index (χ3v) is 6.89. The number of benzene rings is 1. The number of ether oxygens (including phenoxy) is 1. The second kappa shape index (κ2) is 9.80. The molecule has 1 amide bonds. The lowest BCUT2D eigenvalue weighted by Crippen LogP contribution is -2.28. The van der Waals surface area contributed by atoms with Crippen LogP contribution in [0.4, 0.5) is 10.2 Å². The highest BCUT2D eigenvalue weighted by atomic mass is 35.5. The summed E-state index contributed by atoms with van der Waals surface area (Å²) in [5.41, 5.74) is 7.98. The number of halogens is 3. The van der Waals surface area contributed by atoms with Gasteiger partial charge in [0.2, 0.25) is 5.91 Å². The van der Waals surface area contributed by atoms with Gasteiger partial charge in [0, 0.05) is 54.1 Å². The maximum Gasteiger partial charge on any atom is 0.225 e. The lowest BCUT2D eigenvalue weighted by molar-refractivity contribution is -0.132. The SMILES string of the molecule is CC(Oc1cc(-c2cnn([C@@H]3CCC(C(=O)N(C)C)C3)c2)cnc1N)c1c(Cl)ccc(F)c1Cl. The Labute approximate surface area is 207 Å². The molecule has 0 bridgehead atoms. The molecule has 7 nitrogen and oxygen atoms in total. The van der Waals surface area contributed by atoms with Gasteiger partial charge < -0.3 is 15.4 Å². The molecule has 1 fully saturated rings. The molecule has 2 N–H and O–H groups in total. The Hall–Kier alpha value is -2.84. The molecule has 2 heterocycles. The number of rotatable bonds is 6. The van der Waals surface area contributed by atoms with Gasteiger partial charge in [-0.05, 0) is 44.4 Å². The second-order valence-corrected chi connectivity index (χ2v) is 9.51. The summed E-state index contributed by atoms with van der Waals surface area (Å²) in [5, 5.41) is 4.73. The van der Waals surface area contributed by atoms with Crippen LogP contribution in [0.25, 0.3) is 11.1 Å². The van der Waals surface area contributed by atoms with Crippen LogP contribution in [0.15, 0.2) is 36.8 Å². The van der Waals surface area contributed by atoms with E-state index in [-0.39, 0.29) is 28.7 Å². The number of aromatic nitrogens is 3. The lowest BCUT2D eigenvalue weighted by atomic mass is 10.1. The standard InChI is InChI=1S/C24H26Cl2FN5O2/c1-13(21-18(25)6-7-19(27)22(21)26)34-20-9-15(10-29-23(20)28)16-11-30-32(12-16)17-5-4-14(8-17)24(33)31(2)3/h6-7,9-14,17H,4-5,8H2,1-3H3,(H2,28,29)/t13?,14?,17-/m1/s1. The third-order valence-electron chi connectivity index (χ3n) is 6.18. The van der Waals surface area contributed by atoms with Crippen molar-refractivity contribution < 1.29 is 13.9 Å². The number of amides is 1. The van der Waals surface area contributed by atoms with E-state index in [1.165, 1.54) is 12.1 Å². The van der Waals surface area contributed by atoms with Crippen molar-refractivity contribution in [2.24, 2.45) is 5.92 Å². The Morgan fingerprint density at radius 3 is 2.76 bits per heavy atom. The van der Waals surface area contributed by atoms with Gasteiger partial charge in [-0.1, -0.05) is 23.2 Å². The first-order chi connectivity index (χ1) is 16.2. The van der Waals surface area contributed by atoms with E-state index in [0.29, 0.717) is 16.3 Å². The summed E-state index contributed by atoms with van der Waals surface area (Å²) < 4.78 is 21.8. The van der Waals surface area contributed by atoms with E-state index in [2.05, 4.69) is 10.1 Å². The van der Waals surface area contributed by atoms with Crippen molar-refractivity contribution in [1.29, 1.82) is 0 Å². The number of pyridine rings is 1. The highest BCUT2D eigenvalue weighted by molar-refractivity contribution is 6.36. The van der Waals surface area contributed by atoms with Gasteiger partial charge in [0.05, 0.1) is 17.3 Å². The number of nitrogens with zero attached hydrogens (tertiary/aromatic N) is 4. The number of nitrogen functional groups attached to an aromatic ring is 1. The molecule has 0 radical (unpaired) electrons. The van der Waals surface area contributed by atoms with Gasteiger partial charge in [0.1, 0.15) is 11.9 Å². The number of hydrogen-bond donors (Lipinski definition) is 1. The Balaban J connectivity index is 1.53. The normalized spacial score (nSPS) is 18.6. The molecule has 0 saturated heterocycles. The van der Waals surface area contributed by atoms with Gasteiger partial charge in [-0.15, -0.1) is 0 Å². The monoisotopic (exact) mass is 505 g/mol. The maximum absolute atomic E-state index is 13.9. The fourth-order valence-corrected chi connectivity index (χ4v) is 5.02. The minimum absolute atomic E-state index is 0.0220. The molecule has 1 aromatic carbocycles. The molecule has 2 unspecified atom stereocenters. The molecule has 10 heteroatoms. The Bertz CT molecular complexity index is 1220. The first kappa shape index (κ1) is 24.3. The quantitative estimate of drug-likeness (QED) is 0.444. The summed E-state index contributed by atoms with van der Waals surface area (Å²) in [7, 11) is 3.57. The molecule has 34 heavy (non-hydrogen) atoms. The number of nitrogens with two attached hydrogens (primary N) is 1. The van der Waals surface area contributed by atoms with Crippen LogP contribution < -0.4 is 10.5 Å². The Morgan fingerprint density at radius 1 is 1.26 bits per heavy atom. The predicted octanol–water partition coefficient (Wildman–Crippen LogP) is 5.54. The summed E-state index contributed by atoms with van der Waals surface area (Å²) in [6.07, 6.45) is 7.17. The molecular weight excluding hydrogens is 480 g/mol. The minimum atomic E-state index is -0.664. The summed E-state index contributed by atoms with van der Waals surface area (Å²) in [4.78, 5) is 18.2. The first-order valence-corrected chi connectivity index (χ1v) is 11.7. The topological polar surface area (TPSA) is 86.3 Å². The summed E-state index contributed by atoms with van der Waals surface area (Å²) in [5.74, 6) is 0.116. The van der Waals surface area contributed by atoms with Crippen LogP contribution in [0.1, 0.15) is 43.9 Å². The Kier molecular flexibility index (Phi) is 7.00. The van der Waals surface area contributed by atoms with Gasteiger partial charge in [-0.3, -0.25) is 9.48 Å². The molecule has 0 aliphatic heterocycles. The zero-order valence-corrected chi connectivity index (χ0v) is 20.6. The highest BCUT2D eigenvalue weighted by Gasteiger charge is 2.32. The lowest BCUT2D eigenvalue weighted by Gasteiger charge is -2.19. The van der Waals surface area contributed by atoms with E-state index in [1.807, 2.05) is 10.9 Å². The van der Waals surface area contributed by atoms with Crippen LogP contribution in [0, 0.1) is 11.7 Å². The first-order valence-electron chi connectivity index (χ1n) is 11.0. The van der Waals surface area contributed by atoms with Crippen LogP contribution >= 0.6 is 23.2 Å². The highest BCUT2D eigenvalue weighted by Crippen LogP contribution is 2.38. The molecule has 1 aliphatic rings. The predicted molar refractivity (Wildman–Crippen MR) is 130 cm³/mol. The fourth-order valence-electron chi connectivity index (χ4n) is 4.35. The zero-order chi connectivity index (χ0) is 24.6. The van der Waals surface area contributed by atoms with Gasteiger partial charge in [0.15, 0.2) is 11.6 Å². The molecule has 1 aliphatic carbocycles. The van der Waals surface area contributed by atoms with Crippen LogP contribution in [-0.2, 0) is 4.79 Å². The van der Waals surface area contributed by atoms with Crippen molar-refractivity contribution in [3.05, 3.63) is 58.2 Å². The average molecular weight is 506 g/mol. The van der Waals surface area contributed by atoms with E-state index in [9.17, 15) is 9.18 Å². The van der Waals surface area contributed by atoms with Crippen LogP contribution in [-0.4, -0.2) is 39.7 Å². The van der Waals surface area contributed by atoms with E-state index in [1.54, 1.807) is 44.4 Å². The average Bonchev–Trinajstić information content (AvgIpc) is 3.47. The van der Waals surface area contributed by atoms with E-state index < -0.39 is 11.9 Å². The number of carbonyl (C=O) groups is 1. The fraction of sp³-hybridized carbons (Fsp3) is 0.375. The van der Waals surface area contributed by atoms with Crippen molar-refractivity contribution in [3.63, 3.8) is 0 Å². The van der Waals surface area contributed by atoms with Crippen molar-refractivity contribution in [2.75, 3.05) is 19.8 Å². The largest absolute Gasteiger partial charge is 0.482 e. The van der Waals surface area contributed by atoms with Crippen LogP contribution in [0.3, 0.4) is 0 Å². The van der Waals surface area contributed by atoms with Gasteiger partial charge >= 0.3 is 0 Å². The van der Waals surface area contributed by atoms with Crippen molar-refractivity contribution in [3.8, 4) is 16.9 Å². The van der Waals surface area contributed by atoms with Crippen molar-refractivity contribution in [1.82, 2.24) is 19.7 Å². The molecule has 2 aromatic heterocycles. The second-order valence-electron chi connectivity index (χ2n) is 8.73. The Morgan fingerprint density at radius 2 is 2.03 bits per heavy atom. The van der Waals surface area contributed by atoms with Crippen molar-refractivity contribution >= 4 is 34.9 Å². The van der Waals surface area contributed by atoms with E-state index >= 15 is 0 Å². The molecule has 180 valence electrons. The van der Waals surface area contributed by atoms with Gasteiger partial charge in [-0.2, -0.15) is 5.10 Å². The minimum Gasteiger partial charge on any atom is -0.482 e. The molecule has 1 saturated carbocycles. The molecule has 0 spiro atoms. The van der Waals surface area contributed by atoms with Crippen molar-refractivity contribution in [2.45, 2.75) is 38.3 Å². The summed E-state index contributed by atoms with van der Waals surface area (Å²) >= 11 is 12.3. The van der Waals surface area contributed by atoms with Crippen LogP contribution in [0.5, 0.6) is 5.75 Å². The number of anilines is 1. The van der Waals surface area contributed by atoms with E-state index in [0.717, 1.165) is 30.4 Å². The maximum atomic E-state index is 13.9. The molecular formula is C24H26Cl2FN5O2. The molecule has 4 rings (SSSR count). The zero-order valence-electron chi connectivity index (χ0n) is 19.1. The van der Waals surface area contributed by atoms with Gasteiger partial charge in [-0.25, -0.2) is 9.37 Å². The van der Waals surface area contributed by atoms with Gasteiger partial charge in [0.25, 0.3) is 0 Å². The van der Waals surface area contributed by atoms with Crippen LogP contribution in [0.2, 0.25) is 10.0 Å².